The fourth-order valence-corrected chi connectivity index (χ4v) is 2.97. The third-order valence-electron chi connectivity index (χ3n) is 3.40. The number of nitrogens with zero attached hydrogens (tertiary/aromatic N) is 1. The lowest BCUT2D eigenvalue weighted by Gasteiger charge is -2.10. The molecule has 0 spiro atoms. The minimum Gasteiger partial charge on any atom is -0.492 e. The second-order valence-electron chi connectivity index (χ2n) is 5.26. The number of ether oxygens (including phenoxy) is 1. The van der Waals surface area contributed by atoms with Crippen molar-refractivity contribution in [1.82, 2.24) is 4.98 Å². The van der Waals surface area contributed by atoms with Crippen molar-refractivity contribution in [1.29, 1.82) is 0 Å². The molecule has 2 aromatic carbocycles. The third kappa shape index (κ3) is 4.80. The first-order valence-electron chi connectivity index (χ1n) is 8.02. The molecule has 0 fully saturated rings. The molecule has 0 aliphatic carbocycles. The molecule has 1 N–H and O–H groups in total. The summed E-state index contributed by atoms with van der Waals surface area (Å²) in [6.07, 6.45) is 1.63. The third-order valence-corrected chi connectivity index (χ3v) is 4.50. The number of halogens is 1. The smallest absolute Gasteiger partial charge is 0.256 e. The molecule has 0 bridgehead atoms. The van der Waals surface area contributed by atoms with Gasteiger partial charge in [-0.3, -0.25) is 4.79 Å². The Hall–Kier alpha value is -2.44. The summed E-state index contributed by atoms with van der Waals surface area (Å²) in [5.74, 6) is 1.30. The van der Waals surface area contributed by atoms with Gasteiger partial charge < -0.3 is 14.5 Å². The van der Waals surface area contributed by atoms with Crippen LogP contribution in [0, 0.1) is 0 Å². The molecule has 3 rings (SSSR count). The van der Waals surface area contributed by atoms with Crippen LogP contribution >= 0.6 is 23.4 Å². The number of oxazole rings is 1. The summed E-state index contributed by atoms with van der Waals surface area (Å²) in [6.45, 7) is 2.43. The monoisotopic (exact) mass is 388 g/mol. The van der Waals surface area contributed by atoms with Crippen LogP contribution in [-0.4, -0.2) is 23.3 Å². The molecule has 0 radical (unpaired) electrons. The van der Waals surface area contributed by atoms with E-state index in [1.54, 1.807) is 24.4 Å². The maximum Gasteiger partial charge on any atom is 0.256 e. The van der Waals surface area contributed by atoms with E-state index in [1.165, 1.54) is 11.8 Å². The van der Waals surface area contributed by atoms with Crippen molar-refractivity contribution in [3.8, 4) is 17.1 Å². The number of carbonyl (C=O) groups excluding carboxylic acids is 1. The highest BCUT2D eigenvalue weighted by Gasteiger charge is 2.11. The van der Waals surface area contributed by atoms with Gasteiger partial charge in [-0.1, -0.05) is 35.5 Å². The van der Waals surface area contributed by atoms with Gasteiger partial charge in [0.15, 0.2) is 5.76 Å². The maximum atomic E-state index is 12.2. The van der Waals surface area contributed by atoms with E-state index in [2.05, 4.69) is 10.3 Å². The molecule has 0 saturated heterocycles. The highest BCUT2D eigenvalue weighted by Crippen LogP contribution is 2.27. The summed E-state index contributed by atoms with van der Waals surface area (Å²) >= 11 is 7.11. The Kier molecular flexibility index (Phi) is 6.20. The zero-order valence-electron chi connectivity index (χ0n) is 14.1. The van der Waals surface area contributed by atoms with Crippen LogP contribution in [0.25, 0.3) is 11.3 Å². The number of hydrogen-bond donors (Lipinski definition) is 1. The van der Waals surface area contributed by atoms with Crippen molar-refractivity contribution in [2.75, 3.05) is 17.7 Å². The van der Waals surface area contributed by atoms with Crippen LogP contribution in [0.3, 0.4) is 0 Å². The molecular formula is C19H17ClN2O3S. The zero-order chi connectivity index (χ0) is 18.4. The van der Waals surface area contributed by atoms with Crippen LogP contribution < -0.4 is 10.1 Å². The number of nitrogens with one attached hydrogen (secondary N) is 1. The summed E-state index contributed by atoms with van der Waals surface area (Å²) in [6, 6.07) is 14.6. The van der Waals surface area contributed by atoms with E-state index in [0.717, 1.165) is 5.56 Å². The zero-order valence-corrected chi connectivity index (χ0v) is 15.6. The molecule has 1 amide bonds. The van der Waals surface area contributed by atoms with Gasteiger partial charge in [-0.25, -0.2) is 4.98 Å². The quantitative estimate of drug-likeness (QED) is 0.569. The van der Waals surface area contributed by atoms with Crippen LogP contribution in [0.15, 0.2) is 64.4 Å². The van der Waals surface area contributed by atoms with Crippen molar-refractivity contribution in [3.63, 3.8) is 0 Å². The summed E-state index contributed by atoms with van der Waals surface area (Å²) in [7, 11) is 0. The first kappa shape index (κ1) is 18.4. The Morgan fingerprint density at radius 2 is 2.00 bits per heavy atom. The summed E-state index contributed by atoms with van der Waals surface area (Å²) in [5, 5.41) is 3.93. The predicted octanol–water partition coefficient (Wildman–Crippen LogP) is 5.12. The normalized spacial score (nSPS) is 10.5. The Labute approximate surface area is 160 Å². The first-order valence-corrected chi connectivity index (χ1v) is 9.38. The van der Waals surface area contributed by atoms with Crippen molar-refractivity contribution < 1.29 is 13.9 Å². The molecule has 0 saturated carbocycles. The minimum atomic E-state index is -0.159. The van der Waals surface area contributed by atoms with Crippen LogP contribution in [0.5, 0.6) is 5.75 Å². The van der Waals surface area contributed by atoms with Crippen LogP contribution in [0.2, 0.25) is 5.02 Å². The maximum absolute atomic E-state index is 12.2. The predicted molar refractivity (Wildman–Crippen MR) is 104 cm³/mol. The molecule has 1 heterocycles. The highest BCUT2D eigenvalue weighted by molar-refractivity contribution is 7.99. The van der Waals surface area contributed by atoms with Gasteiger partial charge in [0.25, 0.3) is 5.22 Å². The second kappa shape index (κ2) is 8.78. The van der Waals surface area contributed by atoms with Crippen molar-refractivity contribution in [3.05, 3.63) is 59.8 Å². The van der Waals surface area contributed by atoms with Gasteiger partial charge in [0.2, 0.25) is 5.91 Å². The SMILES string of the molecule is CCOc1ccccc1NC(=O)CSc1ncc(-c2ccc(Cl)cc2)o1. The molecule has 0 aliphatic heterocycles. The standard InChI is InChI=1S/C19H17ClN2O3S/c1-2-24-16-6-4-3-5-15(16)22-18(23)12-26-19-21-11-17(25-19)13-7-9-14(20)10-8-13/h3-11H,2,12H2,1H3,(H,22,23). The Morgan fingerprint density at radius 3 is 2.77 bits per heavy atom. The van der Waals surface area contributed by atoms with E-state index in [4.69, 9.17) is 20.8 Å². The Balaban J connectivity index is 1.58. The van der Waals surface area contributed by atoms with Crippen LogP contribution in [0.4, 0.5) is 5.69 Å². The van der Waals surface area contributed by atoms with Crippen molar-refractivity contribution in [2.24, 2.45) is 0 Å². The van der Waals surface area contributed by atoms with E-state index in [1.807, 2.05) is 37.3 Å². The number of rotatable bonds is 7. The molecule has 5 nitrogen and oxygen atoms in total. The number of carbonyl (C=O) groups is 1. The Bertz CT molecular complexity index is 881. The van der Waals surface area contributed by atoms with Crippen molar-refractivity contribution in [2.45, 2.75) is 12.1 Å². The highest BCUT2D eigenvalue weighted by atomic mass is 35.5. The van der Waals surface area contributed by atoms with Gasteiger partial charge in [0.05, 0.1) is 24.2 Å². The van der Waals surface area contributed by atoms with Crippen LogP contribution in [0.1, 0.15) is 6.92 Å². The van der Waals surface area contributed by atoms with Gasteiger partial charge in [0, 0.05) is 10.6 Å². The average molecular weight is 389 g/mol. The van der Waals surface area contributed by atoms with Gasteiger partial charge in [-0.2, -0.15) is 0 Å². The summed E-state index contributed by atoms with van der Waals surface area (Å²) in [5.41, 5.74) is 1.53. The van der Waals surface area contributed by atoms with Crippen molar-refractivity contribution >= 4 is 35.0 Å². The second-order valence-corrected chi connectivity index (χ2v) is 6.63. The van der Waals surface area contributed by atoms with Gasteiger partial charge >= 0.3 is 0 Å². The molecule has 1 aromatic heterocycles. The molecule has 134 valence electrons. The van der Waals surface area contributed by atoms with Gasteiger partial charge in [0.1, 0.15) is 5.75 Å². The lowest BCUT2D eigenvalue weighted by molar-refractivity contribution is -0.113. The van der Waals surface area contributed by atoms with E-state index >= 15 is 0 Å². The average Bonchev–Trinajstić information content (AvgIpc) is 3.11. The van der Waals surface area contributed by atoms with E-state index in [0.29, 0.717) is 34.0 Å². The number of para-hydroxylation sites is 2. The fraction of sp³-hybridized carbons (Fsp3) is 0.158. The first-order chi connectivity index (χ1) is 12.7. The van der Waals surface area contributed by atoms with E-state index < -0.39 is 0 Å². The number of thioether (sulfide) groups is 1. The van der Waals surface area contributed by atoms with Crippen LogP contribution in [-0.2, 0) is 4.79 Å². The molecule has 0 atom stereocenters. The minimum absolute atomic E-state index is 0.159. The molecule has 26 heavy (non-hydrogen) atoms. The lowest BCUT2D eigenvalue weighted by atomic mass is 10.2. The molecule has 0 unspecified atom stereocenters. The Morgan fingerprint density at radius 1 is 1.23 bits per heavy atom. The number of anilines is 1. The van der Waals surface area contributed by atoms with E-state index in [9.17, 15) is 4.79 Å². The van der Waals surface area contributed by atoms with Gasteiger partial charge in [-0.05, 0) is 43.3 Å². The van der Waals surface area contributed by atoms with E-state index in [-0.39, 0.29) is 11.7 Å². The molecular weight excluding hydrogens is 372 g/mol. The largest absolute Gasteiger partial charge is 0.492 e. The fourth-order valence-electron chi connectivity index (χ4n) is 2.24. The molecule has 7 heteroatoms. The number of aromatic nitrogens is 1. The lowest BCUT2D eigenvalue weighted by Crippen LogP contribution is -2.14. The number of amides is 1. The molecule has 0 aliphatic rings. The van der Waals surface area contributed by atoms with Gasteiger partial charge in [-0.15, -0.1) is 0 Å². The number of hydrogen-bond acceptors (Lipinski definition) is 5. The summed E-state index contributed by atoms with van der Waals surface area (Å²) < 4.78 is 11.2. The number of benzene rings is 2. The summed E-state index contributed by atoms with van der Waals surface area (Å²) in [4.78, 5) is 16.4. The topological polar surface area (TPSA) is 64.4 Å². The molecule has 3 aromatic rings.